The predicted molar refractivity (Wildman–Crippen MR) is 98.5 cm³/mol. The summed E-state index contributed by atoms with van der Waals surface area (Å²) >= 11 is 0. The first kappa shape index (κ1) is 24.8. The molecule has 10 heteroatoms. The third-order valence-corrected chi connectivity index (χ3v) is 4.14. The van der Waals surface area contributed by atoms with Gasteiger partial charge in [0.25, 0.3) is 0 Å². The zero-order valence-electron chi connectivity index (χ0n) is 16.3. The highest BCUT2D eigenvalue weighted by atomic mass is 16.4. The molecular formula is C17H32N4O6. The highest BCUT2D eigenvalue weighted by Crippen LogP contribution is 2.06. The molecule has 0 bridgehead atoms. The van der Waals surface area contributed by atoms with Gasteiger partial charge in [-0.25, -0.2) is 4.79 Å². The molecule has 0 aromatic carbocycles. The van der Waals surface area contributed by atoms with Crippen molar-refractivity contribution in [1.29, 1.82) is 0 Å². The Labute approximate surface area is 159 Å². The van der Waals surface area contributed by atoms with E-state index in [1.807, 2.05) is 20.8 Å². The smallest absolute Gasteiger partial charge is 0.326 e. The van der Waals surface area contributed by atoms with E-state index in [1.54, 1.807) is 6.92 Å². The number of carboxylic acid groups (broad SMARTS) is 1. The zero-order chi connectivity index (χ0) is 21.1. The topological polar surface area (TPSA) is 171 Å². The fraction of sp³-hybridized carbons (Fsp3) is 0.765. The lowest BCUT2D eigenvalue weighted by atomic mass is 9.99. The van der Waals surface area contributed by atoms with Crippen LogP contribution < -0.4 is 21.7 Å². The van der Waals surface area contributed by atoms with Crippen LogP contribution in [0.3, 0.4) is 0 Å². The van der Waals surface area contributed by atoms with Crippen molar-refractivity contribution in [2.75, 3.05) is 13.2 Å². The van der Waals surface area contributed by atoms with E-state index in [9.17, 15) is 24.3 Å². The molecule has 156 valence electrons. The van der Waals surface area contributed by atoms with Crippen LogP contribution in [0, 0.1) is 11.8 Å². The third kappa shape index (κ3) is 9.34. The number of aliphatic hydroxyl groups is 1. The van der Waals surface area contributed by atoms with E-state index < -0.39 is 55.0 Å². The molecule has 3 amide bonds. The van der Waals surface area contributed by atoms with E-state index in [-0.39, 0.29) is 18.3 Å². The van der Waals surface area contributed by atoms with Gasteiger partial charge < -0.3 is 31.9 Å². The molecule has 0 aromatic rings. The Morgan fingerprint density at radius 2 is 1.59 bits per heavy atom. The Hall–Kier alpha value is -2.20. The Kier molecular flexibility index (Phi) is 11.2. The van der Waals surface area contributed by atoms with Crippen molar-refractivity contribution >= 4 is 23.7 Å². The first-order chi connectivity index (χ1) is 12.5. The Balaban J connectivity index is 4.61. The van der Waals surface area contributed by atoms with Crippen LogP contribution in [0.4, 0.5) is 0 Å². The van der Waals surface area contributed by atoms with Crippen LogP contribution in [-0.2, 0) is 19.2 Å². The van der Waals surface area contributed by atoms with Crippen LogP contribution >= 0.6 is 0 Å². The minimum absolute atomic E-state index is 0.0599. The molecule has 7 N–H and O–H groups in total. The maximum Gasteiger partial charge on any atom is 0.326 e. The summed E-state index contributed by atoms with van der Waals surface area (Å²) in [6.07, 6.45) is 0.920. The van der Waals surface area contributed by atoms with Gasteiger partial charge in [-0.15, -0.1) is 0 Å². The second-order valence-corrected chi connectivity index (χ2v) is 6.96. The molecule has 4 atom stereocenters. The van der Waals surface area contributed by atoms with Crippen LogP contribution in [0.2, 0.25) is 0 Å². The number of hydrogen-bond donors (Lipinski definition) is 6. The molecule has 0 aliphatic carbocycles. The summed E-state index contributed by atoms with van der Waals surface area (Å²) in [5.74, 6) is -3.24. The summed E-state index contributed by atoms with van der Waals surface area (Å²) in [6.45, 7) is 6.15. The molecule has 0 fully saturated rings. The van der Waals surface area contributed by atoms with Gasteiger partial charge in [0.05, 0.1) is 19.2 Å². The quantitative estimate of drug-likeness (QED) is 0.238. The summed E-state index contributed by atoms with van der Waals surface area (Å²) in [4.78, 5) is 47.0. The molecule has 0 heterocycles. The molecule has 0 saturated carbocycles. The summed E-state index contributed by atoms with van der Waals surface area (Å²) < 4.78 is 0. The van der Waals surface area contributed by atoms with Gasteiger partial charge in [0.1, 0.15) is 12.1 Å². The van der Waals surface area contributed by atoms with Crippen molar-refractivity contribution in [1.82, 2.24) is 16.0 Å². The third-order valence-electron chi connectivity index (χ3n) is 4.14. The lowest BCUT2D eigenvalue weighted by molar-refractivity contribution is -0.142. The average molecular weight is 388 g/mol. The summed E-state index contributed by atoms with van der Waals surface area (Å²) in [5.41, 5.74) is 5.77. The molecule has 10 nitrogen and oxygen atoms in total. The van der Waals surface area contributed by atoms with Crippen LogP contribution in [0.15, 0.2) is 0 Å². The minimum atomic E-state index is -1.26. The van der Waals surface area contributed by atoms with Crippen molar-refractivity contribution in [2.45, 2.75) is 58.7 Å². The molecule has 0 rings (SSSR count). The standard InChI is InChI=1S/C17H32N4O6/c1-5-10(4)14(18)16(25)21-12(8-22)15(24)19-7-13(23)20-11(17(26)27)6-9(2)3/h9-12,14,22H,5-8,18H2,1-4H3,(H,19,24)(H,20,23)(H,21,25)(H,26,27). The van der Waals surface area contributed by atoms with Crippen molar-refractivity contribution in [2.24, 2.45) is 17.6 Å². The summed E-state index contributed by atoms with van der Waals surface area (Å²) in [7, 11) is 0. The number of aliphatic carboxylic acids is 1. The highest BCUT2D eigenvalue weighted by molar-refractivity contribution is 5.92. The molecule has 0 spiro atoms. The fourth-order valence-corrected chi connectivity index (χ4v) is 2.20. The Bertz CT molecular complexity index is 526. The van der Waals surface area contributed by atoms with Gasteiger partial charge in [0.2, 0.25) is 17.7 Å². The molecule has 27 heavy (non-hydrogen) atoms. The first-order valence-corrected chi connectivity index (χ1v) is 9.00. The monoisotopic (exact) mass is 388 g/mol. The minimum Gasteiger partial charge on any atom is -0.480 e. The van der Waals surface area contributed by atoms with E-state index >= 15 is 0 Å². The second-order valence-electron chi connectivity index (χ2n) is 6.96. The van der Waals surface area contributed by atoms with E-state index in [1.165, 1.54) is 0 Å². The second kappa shape index (κ2) is 12.2. The van der Waals surface area contributed by atoms with Gasteiger partial charge in [0, 0.05) is 0 Å². The average Bonchev–Trinajstić information content (AvgIpc) is 2.61. The van der Waals surface area contributed by atoms with Crippen LogP contribution in [-0.4, -0.2) is 65.2 Å². The number of rotatable bonds is 12. The summed E-state index contributed by atoms with van der Waals surface area (Å²) in [5, 5.41) is 25.3. The van der Waals surface area contributed by atoms with Gasteiger partial charge in [0.15, 0.2) is 0 Å². The van der Waals surface area contributed by atoms with Crippen LogP contribution in [0.25, 0.3) is 0 Å². The molecule has 4 unspecified atom stereocenters. The van der Waals surface area contributed by atoms with Gasteiger partial charge in [-0.2, -0.15) is 0 Å². The van der Waals surface area contributed by atoms with Gasteiger partial charge >= 0.3 is 5.97 Å². The first-order valence-electron chi connectivity index (χ1n) is 9.00. The SMILES string of the molecule is CCC(C)C(N)C(=O)NC(CO)C(=O)NCC(=O)NC(CC(C)C)C(=O)O. The van der Waals surface area contributed by atoms with E-state index in [4.69, 9.17) is 10.8 Å². The number of hydrogen-bond acceptors (Lipinski definition) is 6. The number of aliphatic hydroxyl groups excluding tert-OH is 1. The zero-order valence-corrected chi connectivity index (χ0v) is 16.3. The molecular weight excluding hydrogens is 356 g/mol. The highest BCUT2D eigenvalue weighted by Gasteiger charge is 2.26. The van der Waals surface area contributed by atoms with Crippen LogP contribution in [0.1, 0.15) is 40.5 Å². The fourth-order valence-electron chi connectivity index (χ4n) is 2.20. The number of carbonyl (C=O) groups is 4. The van der Waals surface area contributed by atoms with Crippen molar-refractivity contribution in [3.05, 3.63) is 0 Å². The number of amides is 3. The van der Waals surface area contributed by atoms with Crippen LogP contribution in [0.5, 0.6) is 0 Å². The van der Waals surface area contributed by atoms with Crippen molar-refractivity contribution in [3.63, 3.8) is 0 Å². The normalized spacial score (nSPS) is 15.4. The molecule has 0 radical (unpaired) electrons. The lowest BCUT2D eigenvalue weighted by Gasteiger charge is -2.22. The number of nitrogens with two attached hydrogens (primary N) is 1. The molecule has 0 aliphatic heterocycles. The van der Waals surface area contributed by atoms with Gasteiger partial charge in [-0.05, 0) is 18.3 Å². The van der Waals surface area contributed by atoms with E-state index in [2.05, 4.69) is 16.0 Å². The summed E-state index contributed by atoms with van der Waals surface area (Å²) in [6, 6.07) is -3.14. The Morgan fingerprint density at radius 1 is 1.00 bits per heavy atom. The van der Waals surface area contributed by atoms with Gasteiger partial charge in [-0.3, -0.25) is 14.4 Å². The maximum absolute atomic E-state index is 12.1. The number of carbonyl (C=O) groups excluding carboxylic acids is 3. The maximum atomic E-state index is 12.1. The van der Waals surface area contributed by atoms with E-state index in [0.717, 1.165) is 0 Å². The Morgan fingerprint density at radius 3 is 2.04 bits per heavy atom. The largest absolute Gasteiger partial charge is 0.480 e. The molecule has 0 aliphatic rings. The number of carboxylic acids is 1. The molecule has 0 aromatic heterocycles. The number of nitrogens with one attached hydrogen (secondary N) is 3. The molecule has 0 saturated heterocycles. The van der Waals surface area contributed by atoms with Gasteiger partial charge in [-0.1, -0.05) is 34.1 Å². The van der Waals surface area contributed by atoms with Crippen molar-refractivity contribution < 1.29 is 29.4 Å². The lowest BCUT2D eigenvalue weighted by Crippen LogP contribution is -2.55. The predicted octanol–water partition coefficient (Wildman–Crippen LogP) is -1.43. The van der Waals surface area contributed by atoms with Crippen molar-refractivity contribution in [3.8, 4) is 0 Å². The van der Waals surface area contributed by atoms with E-state index in [0.29, 0.717) is 6.42 Å².